The van der Waals surface area contributed by atoms with Crippen molar-refractivity contribution in [3.8, 4) is 5.88 Å². The summed E-state index contributed by atoms with van der Waals surface area (Å²) in [7, 11) is 0. The van der Waals surface area contributed by atoms with Gasteiger partial charge in [0.25, 0.3) is 0 Å². The Morgan fingerprint density at radius 3 is 2.14 bits per heavy atom. The van der Waals surface area contributed by atoms with Crippen molar-refractivity contribution in [3.63, 3.8) is 0 Å². The lowest BCUT2D eigenvalue weighted by Gasteiger charge is -2.48. The molecular weight excluding hydrogens is 659 g/mol. The molecule has 3 aromatic rings. The molecule has 9 nitrogen and oxygen atoms in total. The van der Waals surface area contributed by atoms with Gasteiger partial charge in [-0.25, -0.2) is 9.78 Å². The molecule has 262 valence electrons. The number of β-amino-alcohol motifs (C(OH)–C–C–N with tert-alkyl or cyclic N) is 1. The quantitative estimate of drug-likeness (QED) is 0.287. The Morgan fingerprint density at radius 1 is 0.959 bits per heavy atom. The number of halogens is 2. The van der Waals surface area contributed by atoms with Crippen LogP contribution < -0.4 is 4.74 Å². The third-order valence-corrected chi connectivity index (χ3v) is 11.1. The number of urea groups is 1. The molecular formula is C38H48Cl2N6O3. The van der Waals surface area contributed by atoms with E-state index < -0.39 is 11.1 Å². The molecule has 0 radical (unpaired) electrons. The van der Waals surface area contributed by atoms with Crippen LogP contribution in [0.5, 0.6) is 5.88 Å². The van der Waals surface area contributed by atoms with Crippen LogP contribution in [0.4, 0.5) is 4.79 Å². The van der Waals surface area contributed by atoms with E-state index in [9.17, 15) is 5.11 Å². The monoisotopic (exact) mass is 706 g/mol. The first kappa shape index (κ1) is 35.6. The summed E-state index contributed by atoms with van der Waals surface area (Å²) in [5, 5.41) is 11.6. The van der Waals surface area contributed by atoms with E-state index in [0.717, 1.165) is 43.4 Å². The molecule has 2 aromatic carbocycles. The van der Waals surface area contributed by atoms with E-state index >= 15 is 4.79 Å². The van der Waals surface area contributed by atoms with Crippen molar-refractivity contribution >= 4 is 35.1 Å². The van der Waals surface area contributed by atoms with Gasteiger partial charge in [-0.05, 0) is 88.4 Å². The van der Waals surface area contributed by atoms with Gasteiger partial charge in [0.15, 0.2) is 0 Å². The van der Waals surface area contributed by atoms with E-state index in [0.29, 0.717) is 65.4 Å². The Kier molecular flexibility index (Phi) is 10.0. The van der Waals surface area contributed by atoms with E-state index in [1.165, 1.54) is 0 Å². The van der Waals surface area contributed by atoms with Crippen LogP contribution in [0.1, 0.15) is 89.7 Å². The zero-order chi connectivity index (χ0) is 35.1. The molecule has 3 atom stereocenters. The lowest BCUT2D eigenvalue weighted by Crippen LogP contribution is -2.60. The fraction of sp³-hybridized carbons (Fsp3) is 0.526. The standard InChI is InChI=1S/C38H48Cl2N6O3/c1-7-49-33-31(23-41-34(42-33)36(2,3)4)32-43-37(5,25-10-14-27(39)15-11-25)38(6,26-12-16-28(40)17-13-26)46(32)35(48)44-21-18-29(19-22-44)45-20-8-9-30(47)24-45/h10-17,23,29-30,47H,7-9,18-22,24H2,1-6H3. The second-order valence-electron chi connectivity index (χ2n) is 14.8. The lowest BCUT2D eigenvalue weighted by molar-refractivity contribution is 0.0256. The molecule has 0 aliphatic carbocycles. The summed E-state index contributed by atoms with van der Waals surface area (Å²) in [5.74, 6) is 1.48. The average Bonchev–Trinajstić information content (AvgIpc) is 3.32. The Bertz CT molecular complexity index is 1690. The minimum Gasteiger partial charge on any atom is -0.477 e. The molecule has 2 saturated heterocycles. The predicted molar refractivity (Wildman–Crippen MR) is 195 cm³/mol. The Hall–Kier alpha value is -3.24. The summed E-state index contributed by atoms with van der Waals surface area (Å²) in [6.45, 7) is 15.5. The number of ether oxygens (including phenoxy) is 1. The number of amides is 2. The lowest BCUT2D eigenvalue weighted by atomic mass is 9.71. The van der Waals surface area contributed by atoms with Gasteiger partial charge in [-0.1, -0.05) is 68.2 Å². The molecule has 49 heavy (non-hydrogen) atoms. The summed E-state index contributed by atoms with van der Waals surface area (Å²) in [5.41, 5.74) is 0.0292. The van der Waals surface area contributed by atoms with Crippen molar-refractivity contribution in [2.45, 2.75) is 95.9 Å². The molecule has 3 aliphatic rings. The molecule has 1 N–H and O–H groups in total. The number of benzene rings is 2. The van der Waals surface area contributed by atoms with Crippen molar-refractivity contribution in [1.29, 1.82) is 0 Å². The number of carbonyl (C=O) groups is 1. The van der Waals surface area contributed by atoms with Crippen LogP contribution >= 0.6 is 23.2 Å². The Balaban J connectivity index is 1.49. The van der Waals surface area contributed by atoms with E-state index in [4.69, 9.17) is 42.9 Å². The molecule has 1 aromatic heterocycles. The molecule has 4 heterocycles. The minimum absolute atomic E-state index is 0.145. The predicted octanol–water partition coefficient (Wildman–Crippen LogP) is 7.41. The van der Waals surface area contributed by atoms with Gasteiger partial charge in [0.2, 0.25) is 5.88 Å². The van der Waals surface area contributed by atoms with Crippen molar-refractivity contribution in [2.75, 3.05) is 32.8 Å². The summed E-state index contributed by atoms with van der Waals surface area (Å²) < 4.78 is 6.18. The fourth-order valence-corrected chi connectivity index (χ4v) is 7.83. The second kappa shape index (κ2) is 13.8. The number of hydrogen-bond donors (Lipinski definition) is 1. The SMILES string of the molecule is CCOc1nc(C(C)(C)C)ncc1C1=NC(C)(c2ccc(Cl)cc2)C(C)(c2ccc(Cl)cc2)N1C(=O)N1CCC(N2CCCC(O)C2)CC1. The number of rotatable bonds is 6. The third kappa shape index (κ3) is 6.67. The largest absolute Gasteiger partial charge is 0.477 e. The third-order valence-electron chi connectivity index (χ3n) is 10.6. The van der Waals surface area contributed by atoms with Crippen molar-refractivity contribution in [2.24, 2.45) is 4.99 Å². The van der Waals surface area contributed by atoms with Crippen LogP contribution in [0.3, 0.4) is 0 Å². The number of carbonyl (C=O) groups excluding carboxylic acids is 1. The average molecular weight is 708 g/mol. The highest BCUT2D eigenvalue weighted by Crippen LogP contribution is 2.54. The first-order valence-electron chi connectivity index (χ1n) is 17.4. The van der Waals surface area contributed by atoms with Gasteiger partial charge in [-0.3, -0.25) is 14.8 Å². The number of aromatic nitrogens is 2. The number of aliphatic hydroxyl groups excluding tert-OH is 1. The Labute approximate surface area is 300 Å². The summed E-state index contributed by atoms with van der Waals surface area (Å²) in [6.07, 6.45) is 4.98. The van der Waals surface area contributed by atoms with Gasteiger partial charge in [-0.15, -0.1) is 0 Å². The van der Waals surface area contributed by atoms with Crippen LogP contribution in [0, 0.1) is 0 Å². The first-order chi connectivity index (χ1) is 23.3. The molecule has 6 rings (SSSR count). The van der Waals surface area contributed by atoms with Gasteiger partial charge >= 0.3 is 6.03 Å². The highest BCUT2D eigenvalue weighted by Gasteiger charge is 2.60. The van der Waals surface area contributed by atoms with E-state index in [1.54, 1.807) is 6.20 Å². The Morgan fingerprint density at radius 2 is 1.57 bits per heavy atom. The molecule has 0 bridgehead atoms. The smallest absolute Gasteiger partial charge is 0.326 e. The number of aliphatic imine (C=N–C) groups is 1. The maximum atomic E-state index is 15.2. The van der Waals surface area contributed by atoms with E-state index in [-0.39, 0.29) is 17.6 Å². The summed E-state index contributed by atoms with van der Waals surface area (Å²) in [4.78, 5) is 36.6. The van der Waals surface area contributed by atoms with Crippen LogP contribution in [0.25, 0.3) is 0 Å². The van der Waals surface area contributed by atoms with Crippen molar-refractivity contribution in [3.05, 3.63) is 87.3 Å². The van der Waals surface area contributed by atoms with Crippen LogP contribution in [0.2, 0.25) is 10.0 Å². The number of piperidine rings is 2. The summed E-state index contributed by atoms with van der Waals surface area (Å²) >= 11 is 12.8. The molecule has 0 spiro atoms. The highest BCUT2D eigenvalue weighted by atomic mass is 35.5. The summed E-state index contributed by atoms with van der Waals surface area (Å²) in [6, 6.07) is 15.5. The van der Waals surface area contributed by atoms with Crippen molar-refractivity contribution in [1.82, 2.24) is 24.7 Å². The second-order valence-corrected chi connectivity index (χ2v) is 15.7. The number of likely N-dealkylation sites (tertiary alicyclic amines) is 2. The molecule has 3 unspecified atom stereocenters. The number of aliphatic hydroxyl groups is 1. The molecule has 2 fully saturated rings. The van der Waals surface area contributed by atoms with Crippen LogP contribution in [0.15, 0.2) is 59.7 Å². The number of hydrogen-bond acceptors (Lipinski definition) is 7. The zero-order valence-corrected chi connectivity index (χ0v) is 30.9. The van der Waals surface area contributed by atoms with Gasteiger partial charge in [0.1, 0.15) is 22.7 Å². The maximum absolute atomic E-state index is 15.2. The van der Waals surface area contributed by atoms with Gasteiger partial charge in [0, 0.05) is 47.3 Å². The highest BCUT2D eigenvalue weighted by molar-refractivity contribution is 6.30. The molecule has 0 saturated carbocycles. The van der Waals surface area contributed by atoms with E-state index in [2.05, 4.69) is 39.5 Å². The number of nitrogens with zero attached hydrogens (tertiary/aromatic N) is 6. The fourth-order valence-electron chi connectivity index (χ4n) is 7.57. The molecule has 2 amide bonds. The van der Waals surface area contributed by atoms with Gasteiger partial charge < -0.3 is 14.7 Å². The van der Waals surface area contributed by atoms with Crippen LogP contribution in [-0.4, -0.2) is 86.6 Å². The normalized spacial score (nSPS) is 25.4. The van der Waals surface area contributed by atoms with Gasteiger partial charge in [-0.2, -0.15) is 4.98 Å². The minimum atomic E-state index is -1.02. The van der Waals surface area contributed by atoms with E-state index in [1.807, 2.05) is 65.3 Å². The van der Waals surface area contributed by atoms with Crippen LogP contribution in [-0.2, 0) is 16.5 Å². The van der Waals surface area contributed by atoms with Crippen molar-refractivity contribution < 1.29 is 14.6 Å². The zero-order valence-electron chi connectivity index (χ0n) is 29.4. The number of amidine groups is 1. The maximum Gasteiger partial charge on any atom is 0.326 e. The first-order valence-corrected chi connectivity index (χ1v) is 18.2. The van der Waals surface area contributed by atoms with Gasteiger partial charge in [0.05, 0.1) is 18.3 Å². The molecule has 3 aliphatic heterocycles. The topological polar surface area (TPSA) is 94.4 Å². The molecule has 11 heteroatoms.